The minimum Gasteiger partial charge on any atom is -0.495 e. The van der Waals surface area contributed by atoms with Gasteiger partial charge in [0.1, 0.15) is 5.75 Å². The van der Waals surface area contributed by atoms with Crippen molar-refractivity contribution in [2.45, 2.75) is 0 Å². The number of hydrogen-bond acceptors (Lipinski definition) is 5. The van der Waals surface area contributed by atoms with Crippen LogP contribution in [-0.4, -0.2) is 35.2 Å². The van der Waals surface area contributed by atoms with Gasteiger partial charge in [0.05, 0.1) is 18.4 Å². The van der Waals surface area contributed by atoms with E-state index in [1.807, 2.05) is 24.3 Å². The summed E-state index contributed by atoms with van der Waals surface area (Å²) in [4.78, 5) is 20.5. The highest BCUT2D eigenvalue weighted by molar-refractivity contribution is 5.86. The van der Waals surface area contributed by atoms with Gasteiger partial charge in [0, 0.05) is 19.4 Å². The summed E-state index contributed by atoms with van der Waals surface area (Å²) in [7, 11) is 3.37. The molecule has 0 bridgehead atoms. The van der Waals surface area contributed by atoms with Gasteiger partial charge in [0.25, 0.3) is 0 Å². The van der Waals surface area contributed by atoms with Gasteiger partial charge in [-0.05, 0) is 12.1 Å². The normalized spacial score (nSPS) is 10.0. The molecule has 0 spiro atoms. The summed E-state index contributed by atoms with van der Waals surface area (Å²) in [6.07, 6.45) is 2.55. The van der Waals surface area contributed by atoms with E-state index in [9.17, 15) is 4.79 Å². The van der Waals surface area contributed by atoms with Gasteiger partial charge in [0.15, 0.2) is 0 Å². The van der Waals surface area contributed by atoms with Gasteiger partial charge < -0.3 is 14.7 Å². The zero-order valence-electron chi connectivity index (χ0n) is 10.6. The lowest BCUT2D eigenvalue weighted by Gasteiger charge is -2.19. The second kappa shape index (κ2) is 5.34. The SMILES string of the molecule is COc1ccccc1N(C)c1ncc(C(=O)O)cn1. The number of aromatic carboxylic acids is 1. The van der Waals surface area contributed by atoms with E-state index < -0.39 is 5.97 Å². The first kappa shape index (κ1) is 12.8. The molecular weight excluding hydrogens is 246 g/mol. The monoisotopic (exact) mass is 259 g/mol. The minimum absolute atomic E-state index is 0.0529. The number of carboxylic acid groups (broad SMARTS) is 1. The first-order chi connectivity index (χ1) is 9.13. The van der Waals surface area contributed by atoms with Crippen LogP contribution in [0.5, 0.6) is 5.75 Å². The summed E-state index contributed by atoms with van der Waals surface area (Å²) < 4.78 is 5.26. The topological polar surface area (TPSA) is 75.5 Å². The van der Waals surface area contributed by atoms with Gasteiger partial charge in [0.2, 0.25) is 5.95 Å². The Balaban J connectivity index is 2.33. The Morgan fingerprint density at radius 2 is 1.89 bits per heavy atom. The number of aromatic nitrogens is 2. The maximum atomic E-state index is 10.7. The maximum Gasteiger partial charge on any atom is 0.338 e. The lowest BCUT2D eigenvalue weighted by atomic mass is 10.3. The van der Waals surface area contributed by atoms with Crippen molar-refractivity contribution in [2.75, 3.05) is 19.1 Å². The van der Waals surface area contributed by atoms with Crippen LogP contribution in [0.1, 0.15) is 10.4 Å². The minimum atomic E-state index is -1.05. The van der Waals surface area contributed by atoms with Gasteiger partial charge in [-0.15, -0.1) is 0 Å². The molecule has 0 aliphatic heterocycles. The number of carboxylic acids is 1. The van der Waals surface area contributed by atoms with Gasteiger partial charge in [-0.2, -0.15) is 0 Å². The van der Waals surface area contributed by atoms with E-state index in [4.69, 9.17) is 9.84 Å². The van der Waals surface area contributed by atoms with E-state index in [0.29, 0.717) is 11.7 Å². The van der Waals surface area contributed by atoms with Crippen LogP contribution in [0.25, 0.3) is 0 Å². The fraction of sp³-hybridized carbons (Fsp3) is 0.154. The standard InChI is InChI=1S/C13H13N3O3/c1-16(10-5-3-4-6-11(10)19-2)13-14-7-9(8-15-13)12(17)18/h3-8H,1-2H3,(H,17,18). The number of hydrogen-bond donors (Lipinski definition) is 1. The van der Waals surface area contributed by atoms with Crippen LogP contribution in [0.2, 0.25) is 0 Å². The van der Waals surface area contributed by atoms with E-state index in [-0.39, 0.29) is 5.56 Å². The van der Waals surface area contributed by atoms with Crippen molar-refractivity contribution in [1.29, 1.82) is 0 Å². The van der Waals surface area contributed by atoms with E-state index in [1.165, 1.54) is 12.4 Å². The summed E-state index contributed by atoms with van der Waals surface area (Å²) >= 11 is 0. The van der Waals surface area contributed by atoms with Crippen molar-refractivity contribution in [2.24, 2.45) is 0 Å². The molecule has 0 saturated heterocycles. The third-order valence-corrected chi connectivity index (χ3v) is 2.63. The van der Waals surface area contributed by atoms with Crippen LogP contribution in [0, 0.1) is 0 Å². The van der Waals surface area contributed by atoms with E-state index in [0.717, 1.165) is 5.69 Å². The molecule has 1 heterocycles. The van der Waals surface area contributed by atoms with E-state index >= 15 is 0 Å². The molecule has 0 aliphatic rings. The van der Waals surface area contributed by atoms with Crippen molar-refractivity contribution in [3.63, 3.8) is 0 Å². The zero-order valence-corrected chi connectivity index (χ0v) is 10.6. The van der Waals surface area contributed by atoms with Gasteiger partial charge in [-0.3, -0.25) is 0 Å². The zero-order chi connectivity index (χ0) is 13.8. The molecule has 0 fully saturated rings. The fourth-order valence-electron chi connectivity index (χ4n) is 1.62. The van der Waals surface area contributed by atoms with Crippen LogP contribution < -0.4 is 9.64 Å². The number of anilines is 2. The second-order valence-electron chi connectivity index (χ2n) is 3.81. The third kappa shape index (κ3) is 2.62. The summed E-state index contributed by atoms with van der Waals surface area (Å²) in [5, 5.41) is 8.80. The van der Waals surface area contributed by atoms with Gasteiger partial charge in [-0.25, -0.2) is 14.8 Å². The average molecular weight is 259 g/mol. The number of rotatable bonds is 4. The smallest absolute Gasteiger partial charge is 0.338 e. The molecular formula is C13H13N3O3. The van der Waals surface area contributed by atoms with Gasteiger partial charge >= 0.3 is 5.97 Å². The fourth-order valence-corrected chi connectivity index (χ4v) is 1.62. The third-order valence-electron chi connectivity index (χ3n) is 2.63. The molecule has 0 saturated carbocycles. The molecule has 0 aliphatic carbocycles. The Morgan fingerprint density at radius 1 is 1.26 bits per heavy atom. The van der Waals surface area contributed by atoms with Crippen molar-refractivity contribution in [3.05, 3.63) is 42.2 Å². The molecule has 1 aromatic heterocycles. The molecule has 1 N–H and O–H groups in total. The quantitative estimate of drug-likeness (QED) is 0.904. The van der Waals surface area contributed by atoms with E-state index in [2.05, 4.69) is 9.97 Å². The molecule has 6 nitrogen and oxygen atoms in total. The summed E-state index contributed by atoms with van der Waals surface area (Å²) in [6.45, 7) is 0. The highest BCUT2D eigenvalue weighted by atomic mass is 16.5. The van der Waals surface area contributed by atoms with Crippen LogP contribution in [0.4, 0.5) is 11.6 Å². The number of ether oxygens (including phenoxy) is 1. The predicted molar refractivity (Wildman–Crippen MR) is 70.0 cm³/mol. The van der Waals surface area contributed by atoms with Crippen LogP contribution in [0.3, 0.4) is 0 Å². The first-order valence-electron chi connectivity index (χ1n) is 5.55. The Hall–Kier alpha value is -2.63. The largest absolute Gasteiger partial charge is 0.495 e. The molecule has 98 valence electrons. The molecule has 0 unspecified atom stereocenters. The van der Waals surface area contributed by atoms with Gasteiger partial charge in [-0.1, -0.05) is 12.1 Å². The first-order valence-corrected chi connectivity index (χ1v) is 5.55. The Labute approximate surface area is 110 Å². The number of methoxy groups -OCH3 is 1. The molecule has 2 rings (SSSR count). The Bertz CT molecular complexity index is 584. The van der Waals surface area contributed by atoms with Crippen molar-refractivity contribution in [3.8, 4) is 5.75 Å². The maximum absolute atomic E-state index is 10.7. The Kier molecular flexibility index (Phi) is 3.61. The van der Waals surface area contributed by atoms with Crippen LogP contribution in [-0.2, 0) is 0 Å². The molecule has 19 heavy (non-hydrogen) atoms. The molecule has 1 aromatic carbocycles. The summed E-state index contributed by atoms with van der Waals surface area (Å²) in [5.74, 6) is 0.0388. The number of carbonyl (C=O) groups is 1. The average Bonchev–Trinajstić information content (AvgIpc) is 2.46. The van der Waals surface area contributed by atoms with Crippen LogP contribution >= 0.6 is 0 Å². The highest BCUT2D eigenvalue weighted by Crippen LogP contribution is 2.29. The number of benzene rings is 1. The molecule has 0 atom stereocenters. The number of para-hydroxylation sites is 2. The molecule has 0 amide bonds. The van der Waals surface area contributed by atoms with Crippen molar-refractivity contribution >= 4 is 17.6 Å². The Morgan fingerprint density at radius 3 is 2.47 bits per heavy atom. The highest BCUT2D eigenvalue weighted by Gasteiger charge is 2.12. The lowest BCUT2D eigenvalue weighted by Crippen LogP contribution is -2.14. The van der Waals surface area contributed by atoms with Crippen molar-refractivity contribution < 1.29 is 14.6 Å². The lowest BCUT2D eigenvalue weighted by molar-refractivity contribution is 0.0696. The molecule has 0 radical (unpaired) electrons. The number of nitrogens with zero attached hydrogens (tertiary/aromatic N) is 3. The predicted octanol–water partition coefficient (Wildman–Crippen LogP) is 1.95. The molecule has 6 heteroatoms. The van der Waals surface area contributed by atoms with Crippen LogP contribution in [0.15, 0.2) is 36.7 Å². The van der Waals surface area contributed by atoms with Crippen molar-refractivity contribution in [1.82, 2.24) is 9.97 Å². The van der Waals surface area contributed by atoms with E-state index in [1.54, 1.807) is 19.1 Å². The summed E-state index contributed by atoms with van der Waals surface area (Å²) in [5.41, 5.74) is 0.852. The second-order valence-corrected chi connectivity index (χ2v) is 3.81. The summed E-state index contributed by atoms with van der Waals surface area (Å²) in [6, 6.07) is 7.44. The molecule has 2 aromatic rings.